The van der Waals surface area contributed by atoms with Crippen molar-refractivity contribution in [3.63, 3.8) is 0 Å². The van der Waals surface area contributed by atoms with Gasteiger partial charge in [0.2, 0.25) is 0 Å². The molecular formula is C13H16Cl2N2O2. The number of nitrogens with one attached hydrogen (secondary N) is 2. The third-order valence-corrected chi connectivity index (χ3v) is 3.72. The van der Waals surface area contributed by atoms with Crippen LogP contribution in [-0.4, -0.2) is 25.8 Å². The van der Waals surface area contributed by atoms with E-state index in [-0.39, 0.29) is 6.03 Å². The van der Waals surface area contributed by atoms with Crippen LogP contribution in [0, 0.1) is 5.92 Å². The molecule has 1 aromatic rings. The van der Waals surface area contributed by atoms with Crippen LogP contribution in [0.3, 0.4) is 0 Å². The first-order valence-electron chi connectivity index (χ1n) is 6.23. The number of carbonyl (C=O) groups is 1. The quantitative estimate of drug-likeness (QED) is 0.897. The molecule has 1 fully saturated rings. The highest BCUT2D eigenvalue weighted by molar-refractivity contribution is 6.39. The van der Waals surface area contributed by atoms with Crippen LogP contribution in [0.4, 0.5) is 10.5 Å². The Hall–Kier alpha value is -0.970. The molecule has 0 radical (unpaired) electrons. The summed E-state index contributed by atoms with van der Waals surface area (Å²) in [5.74, 6) is 0.473. The van der Waals surface area contributed by atoms with Crippen molar-refractivity contribution in [1.29, 1.82) is 0 Å². The Bertz CT molecular complexity index is 428. The van der Waals surface area contributed by atoms with Gasteiger partial charge in [-0.05, 0) is 30.9 Å². The molecule has 0 aromatic heterocycles. The largest absolute Gasteiger partial charge is 0.381 e. The smallest absolute Gasteiger partial charge is 0.319 e. The van der Waals surface area contributed by atoms with Gasteiger partial charge in [0.05, 0.1) is 15.7 Å². The van der Waals surface area contributed by atoms with E-state index in [1.165, 1.54) is 0 Å². The number of anilines is 1. The topological polar surface area (TPSA) is 50.4 Å². The van der Waals surface area contributed by atoms with Crippen LogP contribution in [0.25, 0.3) is 0 Å². The van der Waals surface area contributed by atoms with E-state index in [1.807, 2.05) is 0 Å². The maximum Gasteiger partial charge on any atom is 0.319 e. The normalized spacial score (nSPS) is 16.1. The van der Waals surface area contributed by atoms with Crippen LogP contribution in [0.5, 0.6) is 0 Å². The molecule has 0 bridgehead atoms. The van der Waals surface area contributed by atoms with Crippen LogP contribution in [0.2, 0.25) is 10.0 Å². The molecule has 1 aliphatic heterocycles. The molecule has 0 saturated carbocycles. The predicted octanol–water partition coefficient (Wildman–Crippen LogP) is 3.54. The van der Waals surface area contributed by atoms with Gasteiger partial charge in [-0.3, -0.25) is 0 Å². The van der Waals surface area contributed by atoms with E-state index in [1.54, 1.807) is 18.2 Å². The van der Waals surface area contributed by atoms with Crippen LogP contribution in [0.1, 0.15) is 12.8 Å². The molecule has 1 heterocycles. The first kappa shape index (κ1) is 14.4. The Morgan fingerprint density at radius 1 is 1.26 bits per heavy atom. The van der Waals surface area contributed by atoms with Gasteiger partial charge in [0.15, 0.2) is 0 Å². The average molecular weight is 303 g/mol. The number of amides is 2. The van der Waals surface area contributed by atoms with E-state index in [0.717, 1.165) is 26.1 Å². The highest BCUT2D eigenvalue weighted by Crippen LogP contribution is 2.29. The molecule has 0 atom stereocenters. The van der Waals surface area contributed by atoms with Crippen molar-refractivity contribution < 1.29 is 9.53 Å². The van der Waals surface area contributed by atoms with Crippen molar-refractivity contribution in [3.05, 3.63) is 28.2 Å². The molecule has 2 amide bonds. The van der Waals surface area contributed by atoms with Gasteiger partial charge in [-0.25, -0.2) is 4.79 Å². The minimum atomic E-state index is -0.290. The van der Waals surface area contributed by atoms with Crippen molar-refractivity contribution in [2.24, 2.45) is 5.92 Å². The lowest BCUT2D eigenvalue weighted by Crippen LogP contribution is -2.35. The number of para-hydroxylation sites is 1. The standard InChI is InChI=1S/C13H16Cl2N2O2/c14-10-2-1-3-11(15)12(10)17-13(18)16-8-9-4-6-19-7-5-9/h1-3,9H,4-8H2,(H2,16,17,18). The Morgan fingerprint density at radius 3 is 2.53 bits per heavy atom. The van der Waals surface area contributed by atoms with Gasteiger partial charge in [0.1, 0.15) is 0 Å². The number of benzene rings is 1. The van der Waals surface area contributed by atoms with E-state index in [4.69, 9.17) is 27.9 Å². The maximum atomic E-state index is 11.8. The van der Waals surface area contributed by atoms with Crippen LogP contribution in [0.15, 0.2) is 18.2 Å². The van der Waals surface area contributed by atoms with Gasteiger partial charge in [-0.1, -0.05) is 29.3 Å². The minimum absolute atomic E-state index is 0.290. The lowest BCUT2D eigenvalue weighted by molar-refractivity contribution is 0.0671. The SMILES string of the molecule is O=C(NCC1CCOCC1)Nc1c(Cl)cccc1Cl. The number of rotatable bonds is 3. The summed E-state index contributed by atoms with van der Waals surface area (Å²) in [4.78, 5) is 11.8. The average Bonchev–Trinajstić information content (AvgIpc) is 2.42. The molecule has 1 aliphatic rings. The third kappa shape index (κ3) is 4.27. The van der Waals surface area contributed by atoms with Crippen molar-refractivity contribution >= 4 is 34.9 Å². The molecule has 6 heteroatoms. The molecular weight excluding hydrogens is 287 g/mol. The van der Waals surface area contributed by atoms with Crippen molar-refractivity contribution in [3.8, 4) is 0 Å². The zero-order valence-corrected chi connectivity index (χ0v) is 11.9. The van der Waals surface area contributed by atoms with E-state index in [2.05, 4.69) is 10.6 Å². The highest BCUT2D eigenvalue weighted by atomic mass is 35.5. The fourth-order valence-electron chi connectivity index (χ4n) is 1.96. The van der Waals surface area contributed by atoms with E-state index in [0.29, 0.717) is 28.2 Å². The van der Waals surface area contributed by atoms with Crippen molar-refractivity contribution in [2.45, 2.75) is 12.8 Å². The number of ether oxygens (including phenoxy) is 1. The molecule has 0 unspecified atom stereocenters. The second-order valence-electron chi connectivity index (χ2n) is 4.49. The third-order valence-electron chi connectivity index (χ3n) is 3.09. The summed E-state index contributed by atoms with van der Waals surface area (Å²) in [6.45, 7) is 2.17. The molecule has 104 valence electrons. The molecule has 2 rings (SSSR count). The summed E-state index contributed by atoms with van der Waals surface area (Å²) in [6.07, 6.45) is 1.96. The zero-order chi connectivity index (χ0) is 13.7. The molecule has 2 N–H and O–H groups in total. The minimum Gasteiger partial charge on any atom is -0.381 e. The lowest BCUT2D eigenvalue weighted by Gasteiger charge is -2.22. The van der Waals surface area contributed by atoms with E-state index < -0.39 is 0 Å². The van der Waals surface area contributed by atoms with Crippen LogP contribution < -0.4 is 10.6 Å². The van der Waals surface area contributed by atoms with E-state index in [9.17, 15) is 4.79 Å². The van der Waals surface area contributed by atoms with Gasteiger partial charge in [-0.2, -0.15) is 0 Å². The summed E-state index contributed by atoms with van der Waals surface area (Å²) in [6, 6.07) is 4.81. The number of urea groups is 1. The Kier molecular flexibility index (Phi) is 5.31. The number of hydrogen-bond donors (Lipinski definition) is 2. The number of hydrogen-bond acceptors (Lipinski definition) is 2. The monoisotopic (exact) mass is 302 g/mol. The fraction of sp³-hybridized carbons (Fsp3) is 0.462. The predicted molar refractivity (Wildman–Crippen MR) is 77.0 cm³/mol. The fourth-order valence-corrected chi connectivity index (χ4v) is 2.45. The maximum absolute atomic E-state index is 11.8. The van der Waals surface area contributed by atoms with Crippen LogP contribution in [-0.2, 0) is 4.74 Å². The van der Waals surface area contributed by atoms with Gasteiger partial charge < -0.3 is 15.4 Å². The van der Waals surface area contributed by atoms with Gasteiger partial charge in [0.25, 0.3) is 0 Å². The molecule has 4 nitrogen and oxygen atoms in total. The van der Waals surface area contributed by atoms with Crippen molar-refractivity contribution in [2.75, 3.05) is 25.1 Å². The molecule has 0 spiro atoms. The first-order valence-corrected chi connectivity index (χ1v) is 6.99. The summed E-state index contributed by atoms with van der Waals surface area (Å²) in [7, 11) is 0. The summed E-state index contributed by atoms with van der Waals surface area (Å²) in [5, 5.41) is 6.35. The van der Waals surface area contributed by atoms with Crippen LogP contribution >= 0.6 is 23.2 Å². The van der Waals surface area contributed by atoms with E-state index >= 15 is 0 Å². The molecule has 1 saturated heterocycles. The lowest BCUT2D eigenvalue weighted by atomic mass is 10.0. The van der Waals surface area contributed by atoms with Gasteiger partial charge >= 0.3 is 6.03 Å². The second kappa shape index (κ2) is 6.98. The second-order valence-corrected chi connectivity index (χ2v) is 5.30. The molecule has 1 aromatic carbocycles. The number of halogens is 2. The molecule has 19 heavy (non-hydrogen) atoms. The Balaban J connectivity index is 1.83. The first-order chi connectivity index (χ1) is 9.16. The Labute approximate surface area is 122 Å². The van der Waals surface area contributed by atoms with Crippen molar-refractivity contribution in [1.82, 2.24) is 5.32 Å². The summed E-state index contributed by atoms with van der Waals surface area (Å²) in [5.41, 5.74) is 0.440. The number of carbonyl (C=O) groups excluding carboxylic acids is 1. The highest BCUT2D eigenvalue weighted by Gasteiger charge is 2.15. The summed E-state index contributed by atoms with van der Waals surface area (Å²) >= 11 is 12.0. The van der Waals surface area contributed by atoms with Gasteiger partial charge in [0, 0.05) is 19.8 Å². The Morgan fingerprint density at radius 2 is 1.89 bits per heavy atom. The molecule has 0 aliphatic carbocycles. The summed E-state index contributed by atoms with van der Waals surface area (Å²) < 4.78 is 5.27. The zero-order valence-electron chi connectivity index (χ0n) is 10.4. The van der Waals surface area contributed by atoms with Gasteiger partial charge in [-0.15, -0.1) is 0 Å².